The van der Waals surface area contributed by atoms with Crippen LogP contribution in [0.2, 0.25) is 0 Å². The highest BCUT2D eigenvalue weighted by atomic mass is 32.1. The van der Waals surface area contributed by atoms with Crippen LogP contribution < -0.4 is 5.32 Å². The minimum Gasteiger partial charge on any atom is -0.315 e. The minimum absolute atomic E-state index is 0.701. The lowest BCUT2D eigenvalue weighted by Crippen LogP contribution is -1.92. The van der Waals surface area contributed by atoms with Crippen LogP contribution in [0.3, 0.4) is 0 Å². The number of hydrogen-bond acceptors (Lipinski definition) is 5. The van der Waals surface area contributed by atoms with Crippen molar-refractivity contribution in [1.29, 1.82) is 0 Å². The van der Waals surface area contributed by atoms with Crippen LogP contribution in [0, 0.1) is 6.92 Å². The Morgan fingerprint density at radius 1 is 1.11 bits per heavy atom. The molecule has 3 rings (SSSR count). The maximum absolute atomic E-state index is 4.55. The zero-order chi connectivity index (χ0) is 13.1. The van der Waals surface area contributed by atoms with Gasteiger partial charge >= 0.3 is 0 Å². The summed E-state index contributed by atoms with van der Waals surface area (Å²) < 4.78 is 0. The Morgan fingerprint density at radius 2 is 1.95 bits per heavy atom. The monoisotopic (exact) mass is 268 g/mol. The molecule has 0 aliphatic carbocycles. The molecule has 94 valence electrons. The Hall–Kier alpha value is -2.27. The molecule has 0 saturated heterocycles. The third-order valence-corrected chi connectivity index (χ3v) is 3.41. The fourth-order valence-corrected chi connectivity index (χ4v) is 2.39. The predicted octanol–water partition coefficient (Wildman–Crippen LogP) is 3.65. The Balaban J connectivity index is 1.82. The van der Waals surface area contributed by atoms with Crippen LogP contribution >= 0.6 is 11.3 Å². The van der Waals surface area contributed by atoms with Crippen LogP contribution in [0.25, 0.3) is 11.3 Å². The van der Waals surface area contributed by atoms with Gasteiger partial charge in [0.2, 0.25) is 0 Å². The molecular weight excluding hydrogens is 256 g/mol. The molecular formula is C14H12N4S. The standard InChI is InChI=1S/C14H12N4S/c1-10-2-4-11(5-3-10)12-9-19-14(17-12)18-13-8-15-6-7-16-13/h2-9H,1H3,(H,16,17,18). The van der Waals surface area contributed by atoms with Crippen LogP contribution in [0.4, 0.5) is 10.9 Å². The highest BCUT2D eigenvalue weighted by molar-refractivity contribution is 7.14. The van der Waals surface area contributed by atoms with Crippen LogP contribution in [-0.4, -0.2) is 15.0 Å². The van der Waals surface area contributed by atoms with E-state index in [1.165, 1.54) is 5.56 Å². The van der Waals surface area contributed by atoms with Crippen molar-refractivity contribution in [2.45, 2.75) is 6.92 Å². The molecule has 0 spiro atoms. The van der Waals surface area contributed by atoms with Crippen LogP contribution in [0.5, 0.6) is 0 Å². The van der Waals surface area contributed by atoms with Gasteiger partial charge in [0.05, 0.1) is 11.9 Å². The van der Waals surface area contributed by atoms with Gasteiger partial charge in [0.25, 0.3) is 0 Å². The summed E-state index contributed by atoms with van der Waals surface area (Å²) in [5, 5.41) is 5.99. The van der Waals surface area contributed by atoms with E-state index in [4.69, 9.17) is 0 Å². The molecule has 2 aromatic heterocycles. The van der Waals surface area contributed by atoms with Crippen molar-refractivity contribution >= 4 is 22.3 Å². The van der Waals surface area contributed by atoms with E-state index in [9.17, 15) is 0 Å². The van der Waals surface area contributed by atoms with Gasteiger partial charge < -0.3 is 5.32 Å². The molecule has 4 nitrogen and oxygen atoms in total. The molecule has 3 aromatic rings. The zero-order valence-electron chi connectivity index (χ0n) is 10.4. The Bertz CT molecular complexity index is 661. The van der Waals surface area contributed by atoms with E-state index in [1.807, 2.05) is 5.38 Å². The molecule has 0 aliphatic heterocycles. The van der Waals surface area contributed by atoms with E-state index in [1.54, 1.807) is 29.9 Å². The smallest absolute Gasteiger partial charge is 0.188 e. The molecule has 0 amide bonds. The fourth-order valence-electron chi connectivity index (χ4n) is 1.66. The summed E-state index contributed by atoms with van der Waals surface area (Å²) in [7, 11) is 0. The summed E-state index contributed by atoms with van der Waals surface area (Å²) in [4.78, 5) is 12.7. The Labute approximate surface area is 115 Å². The lowest BCUT2D eigenvalue weighted by Gasteiger charge is -1.99. The number of benzene rings is 1. The maximum atomic E-state index is 4.55. The molecule has 5 heteroatoms. The number of aryl methyl sites for hydroxylation is 1. The topological polar surface area (TPSA) is 50.7 Å². The van der Waals surface area contributed by atoms with Gasteiger partial charge in [-0.1, -0.05) is 29.8 Å². The van der Waals surface area contributed by atoms with E-state index in [0.717, 1.165) is 16.4 Å². The first-order chi connectivity index (χ1) is 9.31. The maximum Gasteiger partial charge on any atom is 0.188 e. The molecule has 0 unspecified atom stereocenters. The first-order valence-electron chi connectivity index (χ1n) is 5.87. The number of thiazole rings is 1. The molecule has 1 N–H and O–H groups in total. The molecule has 0 bridgehead atoms. The lowest BCUT2D eigenvalue weighted by atomic mass is 10.1. The third-order valence-electron chi connectivity index (χ3n) is 2.65. The van der Waals surface area contributed by atoms with Crippen LogP contribution in [0.1, 0.15) is 5.56 Å². The van der Waals surface area contributed by atoms with E-state index < -0.39 is 0 Å². The van der Waals surface area contributed by atoms with Crippen molar-refractivity contribution in [3.63, 3.8) is 0 Å². The van der Waals surface area contributed by atoms with Crippen molar-refractivity contribution < 1.29 is 0 Å². The Kier molecular flexibility index (Phi) is 3.20. The van der Waals surface area contributed by atoms with Crippen LogP contribution in [-0.2, 0) is 0 Å². The summed E-state index contributed by atoms with van der Waals surface area (Å²) in [6, 6.07) is 8.34. The molecule has 0 fully saturated rings. The van der Waals surface area contributed by atoms with Gasteiger partial charge in [-0.3, -0.25) is 4.98 Å². The summed E-state index contributed by atoms with van der Waals surface area (Å²) in [6.07, 6.45) is 4.97. The average Bonchev–Trinajstić information content (AvgIpc) is 2.89. The largest absolute Gasteiger partial charge is 0.315 e. The summed E-state index contributed by atoms with van der Waals surface area (Å²) in [5.41, 5.74) is 3.34. The predicted molar refractivity (Wildman–Crippen MR) is 77.6 cm³/mol. The quantitative estimate of drug-likeness (QED) is 0.787. The number of hydrogen-bond donors (Lipinski definition) is 1. The summed E-state index contributed by atoms with van der Waals surface area (Å²) in [6.45, 7) is 2.08. The SMILES string of the molecule is Cc1ccc(-c2csc(Nc3cnccn3)n2)cc1. The van der Waals surface area contributed by atoms with Gasteiger partial charge in [0, 0.05) is 23.3 Å². The number of rotatable bonds is 3. The highest BCUT2D eigenvalue weighted by Crippen LogP contribution is 2.26. The van der Waals surface area contributed by atoms with E-state index in [-0.39, 0.29) is 0 Å². The molecule has 2 heterocycles. The van der Waals surface area contributed by atoms with Crippen molar-refractivity contribution in [2.24, 2.45) is 0 Å². The van der Waals surface area contributed by atoms with E-state index in [0.29, 0.717) is 5.82 Å². The minimum atomic E-state index is 0.701. The lowest BCUT2D eigenvalue weighted by molar-refractivity contribution is 1.19. The fraction of sp³-hybridized carbons (Fsp3) is 0.0714. The van der Waals surface area contributed by atoms with Crippen molar-refractivity contribution in [2.75, 3.05) is 5.32 Å². The molecule has 1 aromatic carbocycles. The third kappa shape index (κ3) is 2.77. The van der Waals surface area contributed by atoms with Gasteiger partial charge in [-0.05, 0) is 6.92 Å². The first kappa shape index (κ1) is 11.8. The number of nitrogens with one attached hydrogen (secondary N) is 1. The molecule has 0 radical (unpaired) electrons. The van der Waals surface area contributed by atoms with Crippen molar-refractivity contribution in [1.82, 2.24) is 15.0 Å². The second-order valence-electron chi connectivity index (χ2n) is 4.12. The molecule has 19 heavy (non-hydrogen) atoms. The second kappa shape index (κ2) is 5.16. The average molecular weight is 268 g/mol. The van der Waals surface area contributed by atoms with Crippen molar-refractivity contribution in [3.05, 3.63) is 53.8 Å². The van der Waals surface area contributed by atoms with E-state index in [2.05, 4.69) is 51.5 Å². The first-order valence-corrected chi connectivity index (χ1v) is 6.75. The Morgan fingerprint density at radius 3 is 2.68 bits per heavy atom. The number of anilines is 2. The molecule has 0 aliphatic rings. The van der Waals surface area contributed by atoms with Crippen molar-refractivity contribution in [3.8, 4) is 11.3 Å². The molecule has 0 atom stereocenters. The van der Waals surface area contributed by atoms with Gasteiger partial charge in [-0.15, -0.1) is 11.3 Å². The number of nitrogens with zero attached hydrogens (tertiary/aromatic N) is 3. The molecule has 0 saturated carbocycles. The van der Waals surface area contributed by atoms with Gasteiger partial charge in [0.15, 0.2) is 10.9 Å². The summed E-state index contributed by atoms with van der Waals surface area (Å²) in [5.74, 6) is 0.701. The normalized spacial score (nSPS) is 10.4. The van der Waals surface area contributed by atoms with E-state index >= 15 is 0 Å². The van der Waals surface area contributed by atoms with Gasteiger partial charge in [-0.2, -0.15) is 0 Å². The van der Waals surface area contributed by atoms with Gasteiger partial charge in [0.1, 0.15) is 0 Å². The number of aromatic nitrogens is 3. The van der Waals surface area contributed by atoms with Crippen LogP contribution in [0.15, 0.2) is 48.2 Å². The highest BCUT2D eigenvalue weighted by Gasteiger charge is 2.05. The zero-order valence-corrected chi connectivity index (χ0v) is 11.2. The van der Waals surface area contributed by atoms with Gasteiger partial charge in [-0.25, -0.2) is 9.97 Å². The summed E-state index contributed by atoms with van der Waals surface area (Å²) >= 11 is 1.55. The second-order valence-corrected chi connectivity index (χ2v) is 4.98.